The van der Waals surface area contributed by atoms with Crippen LogP contribution in [0.25, 0.3) is 11.1 Å². The number of non-ortho nitro benzene ring substituents is 1. The number of benzene rings is 2. The Bertz CT molecular complexity index is 1090. The molecule has 10 heteroatoms. The number of nitrogens with one attached hydrogen (secondary N) is 2. The minimum atomic E-state index is -0.619. The molecule has 1 aliphatic rings. The van der Waals surface area contributed by atoms with E-state index in [0.29, 0.717) is 13.1 Å². The molecule has 10 nitrogen and oxygen atoms in total. The molecule has 2 aromatic carbocycles. The molecule has 31 heavy (non-hydrogen) atoms. The van der Waals surface area contributed by atoms with Crippen LogP contribution < -0.4 is 10.9 Å². The summed E-state index contributed by atoms with van der Waals surface area (Å²) in [6.45, 7) is 1.54. The summed E-state index contributed by atoms with van der Waals surface area (Å²) >= 11 is 0. The van der Waals surface area contributed by atoms with Gasteiger partial charge in [-0.2, -0.15) is 0 Å². The van der Waals surface area contributed by atoms with E-state index in [1.165, 1.54) is 18.2 Å². The van der Waals surface area contributed by atoms with E-state index in [2.05, 4.69) is 15.8 Å². The van der Waals surface area contributed by atoms with Gasteiger partial charge in [-0.15, -0.1) is 0 Å². The Balaban J connectivity index is 1.24. The van der Waals surface area contributed by atoms with Crippen molar-refractivity contribution < 1.29 is 18.9 Å². The number of hydrogen-bond donors (Lipinski definition) is 2. The number of carbonyl (C=O) groups is 2. The first-order chi connectivity index (χ1) is 15.0. The number of aromatic nitrogens is 1. The van der Waals surface area contributed by atoms with Gasteiger partial charge in [0.05, 0.1) is 11.5 Å². The zero-order chi connectivity index (χ0) is 21.8. The molecule has 160 valence electrons. The first kappa shape index (κ1) is 20.5. The van der Waals surface area contributed by atoms with Crippen molar-refractivity contribution in [3.8, 4) is 0 Å². The van der Waals surface area contributed by atoms with Crippen LogP contribution in [0.5, 0.6) is 0 Å². The first-order valence-corrected chi connectivity index (χ1v) is 9.91. The number of para-hydroxylation sites is 2. The highest BCUT2D eigenvalue weighted by atomic mass is 16.6. The Kier molecular flexibility index (Phi) is 5.89. The van der Waals surface area contributed by atoms with Gasteiger partial charge >= 0.3 is 0 Å². The number of hydrazine groups is 1. The minimum Gasteiger partial charge on any atom is -0.440 e. The summed E-state index contributed by atoms with van der Waals surface area (Å²) in [5.74, 6) is -0.0411. The summed E-state index contributed by atoms with van der Waals surface area (Å²) in [5, 5.41) is 10.8. The van der Waals surface area contributed by atoms with E-state index >= 15 is 0 Å². The highest BCUT2D eigenvalue weighted by molar-refractivity contribution is 5.96. The summed E-state index contributed by atoms with van der Waals surface area (Å²) < 4.78 is 5.86. The third kappa shape index (κ3) is 4.86. The maximum Gasteiger partial charge on any atom is 0.270 e. The first-order valence-electron chi connectivity index (χ1n) is 9.91. The lowest BCUT2D eigenvalue weighted by molar-refractivity contribution is -0.384. The standard InChI is InChI=1S/C21H21N5O5/c27-19(23-24-20(28)15-4-3-5-16(12-15)26(29)30)13-25-10-8-14(9-11-25)21-22-17-6-1-2-7-18(17)31-21/h1-7,12,14H,8-11,13H2,(H,23,27)(H,24,28). The average Bonchev–Trinajstić information content (AvgIpc) is 3.22. The molecular formula is C21H21N5O5. The van der Waals surface area contributed by atoms with Crippen LogP contribution in [0.4, 0.5) is 5.69 Å². The lowest BCUT2D eigenvalue weighted by Gasteiger charge is -2.29. The van der Waals surface area contributed by atoms with Crippen molar-refractivity contribution in [2.75, 3.05) is 19.6 Å². The lowest BCUT2D eigenvalue weighted by Crippen LogP contribution is -2.47. The van der Waals surface area contributed by atoms with Gasteiger partial charge in [0.25, 0.3) is 17.5 Å². The van der Waals surface area contributed by atoms with Gasteiger partial charge in [0, 0.05) is 23.6 Å². The van der Waals surface area contributed by atoms with Gasteiger partial charge in [0.1, 0.15) is 5.52 Å². The summed E-state index contributed by atoms with van der Waals surface area (Å²) in [5.41, 5.74) is 6.17. The molecule has 1 saturated heterocycles. The molecule has 0 radical (unpaired) electrons. The summed E-state index contributed by atoms with van der Waals surface area (Å²) in [4.78, 5) is 41.1. The van der Waals surface area contributed by atoms with Gasteiger partial charge in [-0.05, 0) is 44.1 Å². The maximum atomic E-state index is 12.2. The van der Waals surface area contributed by atoms with E-state index < -0.39 is 10.8 Å². The number of amides is 2. The molecule has 1 aromatic heterocycles. The van der Waals surface area contributed by atoms with E-state index in [1.54, 1.807) is 0 Å². The second kappa shape index (κ2) is 8.92. The van der Waals surface area contributed by atoms with Crippen LogP contribution in [0.1, 0.15) is 35.0 Å². The number of oxazole rings is 1. The van der Waals surface area contributed by atoms with Crippen molar-refractivity contribution in [3.63, 3.8) is 0 Å². The van der Waals surface area contributed by atoms with Gasteiger partial charge in [-0.3, -0.25) is 35.5 Å². The number of nitro groups is 1. The Labute approximate surface area is 177 Å². The number of piperidine rings is 1. The molecule has 1 aliphatic heterocycles. The molecule has 0 bridgehead atoms. The van der Waals surface area contributed by atoms with E-state index in [0.717, 1.165) is 35.9 Å². The predicted octanol–water partition coefficient (Wildman–Crippen LogP) is 2.38. The van der Waals surface area contributed by atoms with Crippen molar-refractivity contribution >= 4 is 28.6 Å². The number of nitrogens with zero attached hydrogens (tertiary/aromatic N) is 3. The summed E-state index contributed by atoms with van der Waals surface area (Å²) in [6.07, 6.45) is 1.64. The van der Waals surface area contributed by atoms with Crippen molar-refractivity contribution in [2.45, 2.75) is 18.8 Å². The minimum absolute atomic E-state index is 0.0913. The number of fused-ring (bicyclic) bond motifs is 1. The molecule has 2 N–H and O–H groups in total. The highest BCUT2D eigenvalue weighted by Gasteiger charge is 2.25. The molecule has 0 spiro atoms. The van der Waals surface area contributed by atoms with Crippen molar-refractivity contribution in [2.24, 2.45) is 0 Å². The molecule has 4 rings (SSSR count). The third-order valence-corrected chi connectivity index (χ3v) is 5.25. The second-order valence-corrected chi connectivity index (χ2v) is 7.38. The Hall–Kier alpha value is -3.79. The number of nitro benzene ring substituents is 1. The largest absolute Gasteiger partial charge is 0.440 e. The van der Waals surface area contributed by atoms with Crippen LogP contribution in [0.15, 0.2) is 52.9 Å². The molecule has 0 aliphatic carbocycles. The Morgan fingerprint density at radius 2 is 1.90 bits per heavy atom. The normalized spacial score (nSPS) is 15.0. The fourth-order valence-electron chi connectivity index (χ4n) is 3.60. The van der Waals surface area contributed by atoms with E-state index in [4.69, 9.17) is 4.42 Å². The molecule has 3 aromatic rings. The fourth-order valence-corrected chi connectivity index (χ4v) is 3.60. The second-order valence-electron chi connectivity index (χ2n) is 7.38. The van der Waals surface area contributed by atoms with Crippen molar-refractivity contribution in [3.05, 3.63) is 70.1 Å². The quantitative estimate of drug-likeness (QED) is 0.476. The monoisotopic (exact) mass is 423 g/mol. The maximum absolute atomic E-state index is 12.2. The topological polar surface area (TPSA) is 131 Å². The molecule has 1 fully saturated rings. The fraction of sp³-hybridized carbons (Fsp3) is 0.286. The molecule has 0 unspecified atom stereocenters. The number of likely N-dealkylation sites (tertiary alicyclic amines) is 1. The van der Waals surface area contributed by atoms with Crippen LogP contribution in [-0.4, -0.2) is 46.3 Å². The smallest absolute Gasteiger partial charge is 0.270 e. The Morgan fingerprint density at radius 1 is 1.13 bits per heavy atom. The van der Waals surface area contributed by atoms with Crippen LogP contribution >= 0.6 is 0 Å². The van der Waals surface area contributed by atoms with Gasteiger partial charge in [0.2, 0.25) is 0 Å². The highest BCUT2D eigenvalue weighted by Crippen LogP contribution is 2.29. The van der Waals surface area contributed by atoms with Gasteiger partial charge in [0.15, 0.2) is 11.5 Å². The van der Waals surface area contributed by atoms with Gasteiger partial charge in [-0.1, -0.05) is 18.2 Å². The Morgan fingerprint density at radius 3 is 2.65 bits per heavy atom. The number of rotatable bonds is 5. The molecule has 2 heterocycles. The van der Waals surface area contributed by atoms with Gasteiger partial charge in [-0.25, -0.2) is 4.98 Å². The SMILES string of the molecule is O=C(CN1CCC(c2nc3ccccc3o2)CC1)NNC(=O)c1cccc([N+](=O)[O-])c1. The van der Waals surface area contributed by atoms with Crippen LogP contribution in [0.3, 0.4) is 0 Å². The predicted molar refractivity (Wildman–Crippen MR) is 111 cm³/mol. The van der Waals surface area contributed by atoms with Gasteiger partial charge < -0.3 is 4.42 Å². The molecular weight excluding hydrogens is 402 g/mol. The summed E-state index contributed by atoms with van der Waals surface area (Å²) in [7, 11) is 0. The molecule has 2 amide bonds. The van der Waals surface area contributed by atoms with Crippen LogP contribution in [-0.2, 0) is 4.79 Å². The molecule has 0 saturated carbocycles. The van der Waals surface area contributed by atoms with E-state index in [-0.39, 0.29) is 29.6 Å². The number of hydrogen-bond acceptors (Lipinski definition) is 7. The zero-order valence-electron chi connectivity index (χ0n) is 16.6. The van der Waals surface area contributed by atoms with Crippen LogP contribution in [0, 0.1) is 10.1 Å². The van der Waals surface area contributed by atoms with Crippen molar-refractivity contribution in [1.29, 1.82) is 0 Å². The van der Waals surface area contributed by atoms with Crippen LogP contribution in [0.2, 0.25) is 0 Å². The zero-order valence-corrected chi connectivity index (χ0v) is 16.6. The third-order valence-electron chi connectivity index (χ3n) is 5.25. The number of carbonyl (C=O) groups excluding carboxylic acids is 2. The van der Waals surface area contributed by atoms with E-state index in [1.807, 2.05) is 29.2 Å². The summed E-state index contributed by atoms with van der Waals surface area (Å²) in [6, 6.07) is 12.9. The van der Waals surface area contributed by atoms with E-state index in [9.17, 15) is 19.7 Å². The average molecular weight is 423 g/mol. The molecule has 0 atom stereocenters. The van der Waals surface area contributed by atoms with Crippen molar-refractivity contribution in [1.82, 2.24) is 20.7 Å². The lowest BCUT2D eigenvalue weighted by atomic mass is 9.97.